The highest BCUT2D eigenvalue weighted by atomic mass is 32.1. The fraction of sp³-hybridized carbons (Fsp3) is 0. The molecule has 2 aromatic heterocycles. The van der Waals surface area contributed by atoms with Crippen LogP contribution in [0.25, 0.3) is 5.52 Å². The molecule has 2 aromatic rings. The number of aromatic nitrogens is 1. The van der Waals surface area contributed by atoms with Crippen LogP contribution in [0.2, 0.25) is 0 Å². The van der Waals surface area contributed by atoms with Gasteiger partial charge < -0.3 is 4.40 Å². The first-order valence-electron chi connectivity index (χ1n) is 3.91. The summed E-state index contributed by atoms with van der Waals surface area (Å²) in [6.07, 6.45) is 1.74. The maximum absolute atomic E-state index is 8.90. The molecule has 0 saturated carbocycles. The molecule has 0 aromatic carbocycles. The van der Waals surface area contributed by atoms with E-state index in [1.54, 1.807) is 16.7 Å². The molecule has 0 N–H and O–H groups in total. The predicted octanol–water partition coefficient (Wildman–Crippen LogP) is 1.97. The van der Waals surface area contributed by atoms with Crippen molar-refractivity contribution in [2.45, 2.75) is 4.90 Å². The Hall–Kier alpha value is -1.91. The highest BCUT2D eigenvalue weighted by Gasteiger charge is 2.13. The average Bonchev–Trinajstić information content (AvgIpc) is 2.49. The molecule has 0 radical (unpaired) electrons. The molecule has 3 nitrogen and oxygen atoms in total. The fourth-order valence-corrected chi connectivity index (χ4v) is 1.73. The zero-order valence-corrected chi connectivity index (χ0v) is 7.99. The van der Waals surface area contributed by atoms with Gasteiger partial charge in [-0.3, -0.25) is 0 Å². The lowest BCUT2D eigenvalue weighted by atomic mass is 10.3. The molecule has 2 heterocycles. The molecule has 0 unspecified atom stereocenters. The zero-order chi connectivity index (χ0) is 10.1. The zero-order valence-electron chi connectivity index (χ0n) is 7.10. The van der Waals surface area contributed by atoms with E-state index in [0.717, 1.165) is 5.52 Å². The minimum atomic E-state index is 0.403. The van der Waals surface area contributed by atoms with Crippen LogP contribution in [0, 0.1) is 22.7 Å². The van der Waals surface area contributed by atoms with Crippen molar-refractivity contribution in [1.82, 2.24) is 4.40 Å². The number of nitriles is 2. The molecule has 0 spiro atoms. The lowest BCUT2D eigenvalue weighted by Gasteiger charge is -1.92. The number of pyridine rings is 1. The van der Waals surface area contributed by atoms with Gasteiger partial charge in [0.25, 0.3) is 0 Å². The second-order valence-electron chi connectivity index (χ2n) is 2.75. The molecule has 0 fully saturated rings. The minimum absolute atomic E-state index is 0.403. The molecule has 14 heavy (non-hydrogen) atoms. The summed E-state index contributed by atoms with van der Waals surface area (Å²) in [5.41, 5.74) is 1.57. The summed E-state index contributed by atoms with van der Waals surface area (Å²) in [6.45, 7) is 0. The van der Waals surface area contributed by atoms with Crippen LogP contribution in [0.5, 0.6) is 0 Å². The number of hydrogen-bond acceptors (Lipinski definition) is 3. The van der Waals surface area contributed by atoms with Crippen LogP contribution in [0.1, 0.15) is 11.3 Å². The quantitative estimate of drug-likeness (QED) is 0.659. The Kier molecular flexibility index (Phi) is 1.92. The van der Waals surface area contributed by atoms with Crippen LogP contribution in [0.3, 0.4) is 0 Å². The van der Waals surface area contributed by atoms with E-state index in [-0.39, 0.29) is 0 Å². The Bertz CT molecular complexity index is 533. The molecule has 0 aliphatic rings. The van der Waals surface area contributed by atoms with Gasteiger partial charge in [0, 0.05) is 6.20 Å². The molecular weight excluding hydrogens is 194 g/mol. The maximum atomic E-state index is 8.90. The van der Waals surface area contributed by atoms with Gasteiger partial charge in [-0.05, 0) is 12.1 Å². The summed E-state index contributed by atoms with van der Waals surface area (Å²) in [5.74, 6) is 0. The summed E-state index contributed by atoms with van der Waals surface area (Å²) in [4.78, 5) is 0.446. The van der Waals surface area contributed by atoms with Gasteiger partial charge in [-0.2, -0.15) is 10.5 Å². The Morgan fingerprint density at radius 1 is 1.21 bits per heavy atom. The van der Waals surface area contributed by atoms with Gasteiger partial charge in [0.1, 0.15) is 17.8 Å². The number of fused-ring (bicyclic) bond motifs is 1. The summed E-state index contributed by atoms with van der Waals surface area (Å²) in [6, 6.07) is 9.50. The average molecular weight is 199 g/mol. The van der Waals surface area contributed by atoms with Crippen molar-refractivity contribution in [2.75, 3.05) is 0 Å². The second-order valence-corrected chi connectivity index (χ2v) is 3.20. The van der Waals surface area contributed by atoms with E-state index in [1.165, 1.54) is 0 Å². The van der Waals surface area contributed by atoms with Crippen molar-refractivity contribution in [3.8, 4) is 12.1 Å². The van der Waals surface area contributed by atoms with E-state index < -0.39 is 0 Å². The van der Waals surface area contributed by atoms with E-state index in [9.17, 15) is 0 Å². The Morgan fingerprint density at radius 2 is 2.00 bits per heavy atom. The summed E-state index contributed by atoms with van der Waals surface area (Å²) in [7, 11) is 0. The molecule has 0 saturated heterocycles. The number of rotatable bonds is 0. The van der Waals surface area contributed by atoms with Gasteiger partial charge in [0.05, 0.1) is 16.0 Å². The normalized spacial score (nSPS) is 9.64. The maximum Gasteiger partial charge on any atom is 0.139 e. The standard InChI is InChI=1S/C10H5N3S/c11-5-7-8-3-1-2-4-13(8)9(6-12)10(7)14/h1-4,14H. The van der Waals surface area contributed by atoms with E-state index in [2.05, 4.69) is 12.6 Å². The number of hydrogen-bond donors (Lipinski definition) is 1. The van der Waals surface area contributed by atoms with Gasteiger partial charge in [0.2, 0.25) is 0 Å². The third-order valence-electron chi connectivity index (χ3n) is 2.04. The van der Waals surface area contributed by atoms with Crippen LogP contribution in [-0.2, 0) is 0 Å². The number of thiol groups is 1. The van der Waals surface area contributed by atoms with Gasteiger partial charge in [-0.1, -0.05) is 6.07 Å². The first-order chi connectivity index (χ1) is 6.79. The predicted molar refractivity (Wildman–Crippen MR) is 54.1 cm³/mol. The second kappa shape index (κ2) is 3.10. The van der Waals surface area contributed by atoms with Crippen molar-refractivity contribution in [3.63, 3.8) is 0 Å². The van der Waals surface area contributed by atoms with Gasteiger partial charge >= 0.3 is 0 Å². The van der Waals surface area contributed by atoms with Gasteiger partial charge in [-0.25, -0.2) is 0 Å². The van der Waals surface area contributed by atoms with Crippen molar-refractivity contribution < 1.29 is 0 Å². The molecule has 4 heteroatoms. The highest BCUT2D eigenvalue weighted by molar-refractivity contribution is 7.80. The van der Waals surface area contributed by atoms with Gasteiger partial charge in [-0.15, -0.1) is 12.6 Å². The lowest BCUT2D eigenvalue weighted by molar-refractivity contribution is 1.13. The van der Waals surface area contributed by atoms with Crippen molar-refractivity contribution in [1.29, 1.82) is 10.5 Å². The van der Waals surface area contributed by atoms with E-state index in [1.807, 2.05) is 24.3 Å². The molecule has 2 rings (SSSR count). The molecule has 0 amide bonds. The first-order valence-corrected chi connectivity index (χ1v) is 4.36. The molecule has 0 aliphatic carbocycles. The lowest BCUT2D eigenvalue weighted by Crippen LogP contribution is -1.85. The van der Waals surface area contributed by atoms with Crippen LogP contribution in [0.15, 0.2) is 29.3 Å². The molecular formula is C10H5N3S. The highest BCUT2D eigenvalue weighted by Crippen LogP contribution is 2.25. The first kappa shape index (κ1) is 8.68. The summed E-state index contributed by atoms with van der Waals surface area (Å²) >= 11 is 4.16. The largest absolute Gasteiger partial charge is 0.306 e. The fourth-order valence-electron chi connectivity index (χ4n) is 1.41. The third-order valence-corrected chi connectivity index (χ3v) is 2.47. The molecule has 66 valence electrons. The van der Waals surface area contributed by atoms with Crippen LogP contribution in [-0.4, -0.2) is 4.40 Å². The third kappa shape index (κ3) is 0.985. The number of nitrogens with zero attached hydrogens (tertiary/aromatic N) is 3. The van der Waals surface area contributed by atoms with Crippen molar-refractivity contribution in [2.24, 2.45) is 0 Å². The van der Waals surface area contributed by atoms with Crippen LogP contribution in [0.4, 0.5) is 0 Å². The summed E-state index contributed by atoms with van der Waals surface area (Å²) < 4.78 is 1.67. The van der Waals surface area contributed by atoms with Crippen molar-refractivity contribution in [3.05, 3.63) is 35.7 Å². The molecule has 0 aliphatic heterocycles. The minimum Gasteiger partial charge on any atom is -0.306 e. The van der Waals surface area contributed by atoms with E-state index in [0.29, 0.717) is 16.2 Å². The monoisotopic (exact) mass is 199 g/mol. The molecule has 0 bridgehead atoms. The Morgan fingerprint density at radius 3 is 2.64 bits per heavy atom. The van der Waals surface area contributed by atoms with E-state index >= 15 is 0 Å². The summed E-state index contributed by atoms with van der Waals surface area (Å²) in [5, 5.41) is 17.8. The van der Waals surface area contributed by atoms with Crippen molar-refractivity contribution >= 4 is 18.1 Å². The SMILES string of the molecule is N#Cc1c(S)c(C#N)n2ccccc12. The molecule has 0 atom stereocenters. The topological polar surface area (TPSA) is 52.0 Å². The Balaban J connectivity index is 3.03. The van der Waals surface area contributed by atoms with Crippen LogP contribution >= 0.6 is 12.6 Å². The smallest absolute Gasteiger partial charge is 0.139 e. The van der Waals surface area contributed by atoms with E-state index in [4.69, 9.17) is 10.5 Å². The Labute approximate surface area is 86.2 Å². The van der Waals surface area contributed by atoms with Gasteiger partial charge in [0.15, 0.2) is 0 Å². The van der Waals surface area contributed by atoms with Crippen LogP contribution < -0.4 is 0 Å².